The molecule has 4 saturated carbocycles. The van der Waals surface area contributed by atoms with Crippen LogP contribution in [-0.2, 0) is 0 Å². The van der Waals surface area contributed by atoms with Crippen LogP contribution in [0.3, 0.4) is 0 Å². The van der Waals surface area contributed by atoms with Gasteiger partial charge in [-0.1, -0.05) is 0 Å². The standard InChI is InChI=1S/C17H26N2/c18-3-1-13-2-4-19(11-13)12-17-8-14-5-15(9-17)7-16(6-14)10-17/h13-16H,1-2,4-12H2. The molecule has 0 N–H and O–H groups in total. The molecular formula is C17H26N2. The Balaban J connectivity index is 1.42. The minimum atomic E-state index is 0.666. The van der Waals surface area contributed by atoms with Crippen molar-refractivity contribution < 1.29 is 0 Å². The SMILES string of the molecule is N#CCC1CCN(CC23CC4CC(CC(C4)C2)C3)C1. The highest BCUT2D eigenvalue weighted by atomic mass is 15.2. The van der Waals surface area contributed by atoms with E-state index in [0.717, 1.165) is 24.2 Å². The van der Waals surface area contributed by atoms with Crippen molar-refractivity contribution in [2.75, 3.05) is 19.6 Å². The molecule has 4 bridgehead atoms. The minimum absolute atomic E-state index is 0.666. The van der Waals surface area contributed by atoms with Crippen LogP contribution >= 0.6 is 0 Å². The van der Waals surface area contributed by atoms with E-state index in [1.807, 2.05) is 0 Å². The molecular weight excluding hydrogens is 232 g/mol. The predicted molar refractivity (Wildman–Crippen MR) is 75.4 cm³/mol. The first-order valence-corrected chi connectivity index (χ1v) is 8.34. The second kappa shape index (κ2) is 4.48. The third-order valence-corrected chi connectivity index (χ3v) is 6.47. The molecule has 5 fully saturated rings. The van der Waals surface area contributed by atoms with Crippen molar-refractivity contribution in [2.45, 2.75) is 51.4 Å². The molecule has 19 heavy (non-hydrogen) atoms. The summed E-state index contributed by atoms with van der Waals surface area (Å²) in [6, 6.07) is 2.36. The Kier molecular flexibility index (Phi) is 2.88. The first kappa shape index (κ1) is 12.2. The summed E-state index contributed by atoms with van der Waals surface area (Å²) >= 11 is 0. The number of hydrogen-bond acceptors (Lipinski definition) is 2. The van der Waals surface area contributed by atoms with Crippen LogP contribution < -0.4 is 0 Å². The molecule has 1 unspecified atom stereocenters. The molecule has 2 heteroatoms. The Morgan fingerprint density at radius 1 is 1.05 bits per heavy atom. The van der Waals surface area contributed by atoms with Gasteiger partial charge in [-0.25, -0.2) is 0 Å². The van der Waals surface area contributed by atoms with Crippen LogP contribution in [-0.4, -0.2) is 24.5 Å². The zero-order valence-electron chi connectivity index (χ0n) is 12.0. The minimum Gasteiger partial charge on any atom is -0.302 e. The van der Waals surface area contributed by atoms with E-state index in [2.05, 4.69) is 11.0 Å². The summed E-state index contributed by atoms with van der Waals surface area (Å²) in [5, 5.41) is 8.85. The van der Waals surface area contributed by atoms with Crippen LogP contribution in [0.25, 0.3) is 0 Å². The maximum absolute atomic E-state index is 8.85. The van der Waals surface area contributed by atoms with Gasteiger partial charge in [0, 0.05) is 19.5 Å². The Morgan fingerprint density at radius 3 is 2.26 bits per heavy atom. The van der Waals surface area contributed by atoms with Crippen LogP contribution in [0.4, 0.5) is 0 Å². The summed E-state index contributed by atoms with van der Waals surface area (Å²) < 4.78 is 0. The molecule has 1 aliphatic heterocycles. The van der Waals surface area contributed by atoms with Crippen molar-refractivity contribution in [3.63, 3.8) is 0 Å². The van der Waals surface area contributed by atoms with Gasteiger partial charge in [0.05, 0.1) is 6.07 Å². The average molecular weight is 258 g/mol. The van der Waals surface area contributed by atoms with Gasteiger partial charge in [-0.2, -0.15) is 5.26 Å². The molecule has 1 atom stereocenters. The molecule has 0 aromatic rings. The quantitative estimate of drug-likeness (QED) is 0.775. The highest BCUT2D eigenvalue weighted by molar-refractivity contribution is 5.03. The summed E-state index contributed by atoms with van der Waals surface area (Å²) in [4.78, 5) is 2.70. The van der Waals surface area contributed by atoms with E-state index in [1.165, 1.54) is 45.3 Å². The Bertz CT molecular complexity index is 359. The lowest BCUT2D eigenvalue weighted by atomic mass is 9.49. The van der Waals surface area contributed by atoms with Gasteiger partial charge < -0.3 is 4.90 Å². The summed E-state index contributed by atoms with van der Waals surface area (Å²) in [7, 11) is 0. The van der Waals surface area contributed by atoms with Crippen molar-refractivity contribution in [1.82, 2.24) is 4.90 Å². The van der Waals surface area contributed by atoms with E-state index in [9.17, 15) is 0 Å². The molecule has 4 aliphatic carbocycles. The van der Waals surface area contributed by atoms with Crippen molar-refractivity contribution in [3.05, 3.63) is 0 Å². The fraction of sp³-hybridized carbons (Fsp3) is 0.941. The first-order valence-electron chi connectivity index (χ1n) is 8.34. The molecule has 1 heterocycles. The molecule has 2 nitrogen and oxygen atoms in total. The average Bonchev–Trinajstić information content (AvgIpc) is 2.74. The molecule has 5 aliphatic rings. The molecule has 104 valence electrons. The Hall–Kier alpha value is -0.550. The van der Waals surface area contributed by atoms with Gasteiger partial charge in [0.25, 0.3) is 0 Å². The van der Waals surface area contributed by atoms with Gasteiger partial charge in [0.1, 0.15) is 0 Å². The maximum atomic E-state index is 8.85. The molecule has 5 rings (SSSR count). The Labute approximate surface area is 117 Å². The van der Waals surface area contributed by atoms with Crippen LogP contribution in [0.1, 0.15) is 51.4 Å². The van der Waals surface area contributed by atoms with E-state index < -0.39 is 0 Å². The normalized spacial score (nSPS) is 48.6. The summed E-state index contributed by atoms with van der Waals surface area (Å²) in [6.07, 6.45) is 11.3. The van der Waals surface area contributed by atoms with Gasteiger partial charge in [-0.3, -0.25) is 0 Å². The number of nitrogens with zero attached hydrogens (tertiary/aromatic N) is 2. The van der Waals surface area contributed by atoms with E-state index >= 15 is 0 Å². The zero-order valence-corrected chi connectivity index (χ0v) is 12.0. The largest absolute Gasteiger partial charge is 0.302 e. The van der Waals surface area contributed by atoms with Gasteiger partial charge in [0.2, 0.25) is 0 Å². The van der Waals surface area contributed by atoms with Gasteiger partial charge >= 0.3 is 0 Å². The number of rotatable bonds is 3. The van der Waals surface area contributed by atoms with Crippen LogP contribution in [0, 0.1) is 40.4 Å². The molecule has 1 saturated heterocycles. The monoisotopic (exact) mass is 258 g/mol. The van der Waals surface area contributed by atoms with Crippen molar-refractivity contribution in [3.8, 4) is 6.07 Å². The van der Waals surface area contributed by atoms with Crippen LogP contribution in [0.15, 0.2) is 0 Å². The number of hydrogen-bond donors (Lipinski definition) is 0. The van der Waals surface area contributed by atoms with Crippen LogP contribution in [0.2, 0.25) is 0 Å². The second-order valence-electron chi connectivity index (χ2n) is 8.17. The third-order valence-electron chi connectivity index (χ3n) is 6.47. The molecule has 0 spiro atoms. The summed E-state index contributed by atoms with van der Waals surface area (Å²) in [6.45, 7) is 3.82. The number of nitriles is 1. The van der Waals surface area contributed by atoms with Crippen molar-refractivity contribution >= 4 is 0 Å². The summed E-state index contributed by atoms with van der Waals surface area (Å²) in [5.74, 6) is 3.88. The van der Waals surface area contributed by atoms with Gasteiger partial charge in [-0.05, 0) is 80.6 Å². The fourth-order valence-electron chi connectivity index (χ4n) is 6.31. The number of likely N-dealkylation sites (tertiary alicyclic amines) is 1. The lowest BCUT2D eigenvalue weighted by Crippen LogP contribution is -2.50. The highest BCUT2D eigenvalue weighted by Gasteiger charge is 2.51. The predicted octanol–water partition coefficient (Wildman–Crippen LogP) is 3.44. The fourth-order valence-corrected chi connectivity index (χ4v) is 6.31. The van der Waals surface area contributed by atoms with Gasteiger partial charge in [0.15, 0.2) is 0 Å². The van der Waals surface area contributed by atoms with Gasteiger partial charge in [-0.15, -0.1) is 0 Å². The lowest BCUT2D eigenvalue weighted by molar-refractivity contribution is -0.0668. The van der Waals surface area contributed by atoms with E-state index in [4.69, 9.17) is 5.26 Å². The third kappa shape index (κ3) is 2.21. The molecule has 0 amide bonds. The Morgan fingerprint density at radius 2 is 1.68 bits per heavy atom. The molecule has 0 aromatic heterocycles. The van der Waals surface area contributed by atoms with E-state index in [-0.39, 0.29) is 0 Å². The maximum Gasteiger partial charge on any atom is 0.0625 e. The lowest BCUT2D eigenvalue weighted by Gasteiger charge is -2.57. The smallest absolute Gasteiger partial charge is 0.0625 e. The highest BCUT2D eigenvalue weighted by Crippen LogP contribution is 2.60. The van der Waals surface area contributed by atoms with Crippen LogP contribution in [0.5, 0.6) is 0 Å². The summed E-state index contributed by atoms with van der Waals surface area (Å²) in [5.41, 5.74) is 0.691. The second-order valence-corrected chi connectivity index (χ2v) is 8.17. The van der Waals surface area contributed by atoms with Crippen molar-refractivity contribution in [1.29, 1.82) is 5.26 Å². The first-order chi connectivity index (χ1) is 9.25. The van der Waals surface area contributed by atoms with Crippen molar-refractivity contribution in [2.24, 2.45) is 29.1 Å². The molecule has 0 radical (unpaired) electrons. The molecule has 0 aromatic carbocycles. The topological polar surface area (TPSA) is 27.0 Å². The van der Waals surface area contributed by atoms with E-state index in [0.29, 0.717) is 11.3 Å². The zero-order chi connectivity index (χ0) is 12.9. The van der Waals surface area contributed by atoms with E-state index in [1.54, 1.807) is 19.3 Å².